The highest BCUT2D eigenvalue weighted by molar-refractivity contribution is 9.10. The molecule has 1 aliphatic rings. The summed E-state index contributed by atoms with van der Waals surface area (Å²) in [6.07, 6.45) is -2.68. The van der Waals surface area contributed by atoms with Crippen LogP contribution < -0.4 is 8.92 Å². The van der Waals surface area contributed by atoms with Crippen LogP contribution in [0.25, 0.3) is 0 Å². The van der Waals surface area contributed by atoms with E-state index in [2.05, 4.69) is 20.1 Å². The van der Waals surface area contributed by atoms with Crippen LogP contribution in [0.2, 0.25) is 0 Å². The van der Waals surface area contributed by atoms with Crippen molar-refractivity contribution in [1.29, 1.82) is 0 Å². The molecule has 188 valence electrons. The van der Waals surface area contributed by atoms with Crippen LogP contribution in [0.1, 0.15) is 17.5 Å². The van der Waals surface area contributed by atoms with Crippen LogP contribution in [0.5, 0.6) is 11.5 Å². The van der Waals surface area contributed by atoms with Crippen molar-refractivity contribution in [1.82, 2.24) is 0 Å². The molecule has 35 heavy (non-hydrogen) atoms. The normalized spacial score (nSPS) is 13.7. The second-order valence-electron chi connectivity index (χ2n) is 6.95. The molecule has 0 saturated carbocycles. The Balaban J connectivity index is 0.000000261. The summed E-state index contributed by atoms with van der Waals surface area (Å²) in [6.45, 7) is 0.460. The number of hydrogen-bond donors (Lipinski definition) is 0. The Kier molecular flexibility index (Phi) is 8.42. The van der Waals surface area contributed by atoms with Gasteiger partial charge in [-0.3, -0.25) is 0 Å². The van der Waals surface area contributed by atoms with Gasteiger partial charge >= 0.3 is 6.18 Å². The summed E-state index contributed by atoms with van der Waals surface area (Å²) in [4.78, 5) is -0.0282. The molecule has 1 unspecified atom stereocenters. The maximum atomic E-state index is 13.5. The fourth-order valence-corrected chi connectivity index (χ4v) is 4.05. The van der Waals surface area contributed by atoms with E-state index in [1.807, 2.05) is 0 Å². The lowest BCUT2D eigenvalue weighted by Gasteiger charge is -2.17. The fourth-order valence-electron chi connectivity index (χ4n) is 2.87. The fraction of sp³-hybridized carbons (Fsp3) is 0.182. The van der Waals surface area contributed by atoms with E-state index in [0.717, 1.165) is 30.5 Å². The lowest BCUT2D eigenvalue weighted by atomic mass is 10.1. The zero-order valence-electron chi connectivity index (χ0n) is 17.2. The number of halogens is 9. The predicted molar refractivity (Wildman–Crippen MR) is 113 cm³/mol. The summed E-state index contributed by atoms with van der Waals surface area (Å²) in [5.41, 5.74) is 0.227. The largest absolute Gasteiger partial charge is 0.493 e. The van der Waals surface area contributed by atoms with Crippen molar-refractivity contribution in [2.45, 2.75) is 23.9 Å². The Morgan fingerprint density at radius 3 is 2.09 bits per heavy atom. The zero-order chi connectivity index (χ0) is 25.9. The van der Waals surface area contributed by atoms with Crippen molar-refractivity contribution in [2.75, 3.05) is 6.61 Å². The predicted octanol–water partition coefficient (Wildman–Crippen LogP) is 7.28. The van der Waals surface area contributed by atoms with Crippen molar-refractivity contribution < 1.29 is 48.3 Å². The molecule has 13 heteroatoms. The van der Waals surface area contributed by atoms with Gasteiger partial charge in [-0.25, -0.2) is 17.4 Å². The van der Waals surface area contributed by atoms with E-state index >= 15 is 0 Å². The highest BCUT2D eigenvalue weighted by Gasteiger charge is 2.30. The third kappa shape index (κ3) is 6.31. The number of aryl methyl sites for hydroxylation is 1. The van der Waals surface area contributed by atoms with Crippen LogP contribution in [0.15, 0.2) is 51.8 Å². The quantitative estimate of drug-likeness (QED) is 0.183. The van der Waals surface area contributed by atoms with Gasteiger partial charge in [0.1, 0.15) is 5.75 Å². The molecule has 0 spiro atoms. The van der Waals surface area contributed by atoms with Crippen molar-refractivity contribution in [2.24, 2.45) is 0 Å². The van der Waals surface area contributed by atoms with E-state index in [0.29, 0.717) is 16.8 Å². The van der Waals surface area contributed by atoms with E-state index in [1.165, 1.54) is 18.2 Å². The van der Waals surface area contributed by atoms with Gasteiger partial charge in [0, 0.05) is 4.47 Å². The van der Waals surface area contributed by atoms with Crippen molar-refractivity contribution in [3.63, 3.8) is 0 Å². The molecule has 0 fully saturated rings. The Morgan fingerprint density at radius 1 is 0.886 bits per heavy atom. The summed E-state index contributed by atoms with van der Waals surface area (Å²) in [5.74, 6) is -12.2. The highest BCUT2D eigenvalue weighted by Crippen LogP contribution is 2.32. The van der Waals surface area contributed by atoms with E-state index in [9.17, 15) is 39.3 Å². The molecule has 0 aromatic heterocycles. The minimum absolute atomic E-state index is 0.0282. The third-order valence-corrected chi connectivity index (χ3v) is 6.01. The maximum absolute atomic E-state index is 13.5. The SMILES string of the molecule is FC(F)(F)c1cccc(Br)c1.O=S(Oc1c(F)c(F)c(F)c(F)c1F)c1ccc2c(c1)OCCC2. The topological polar surface area (TPSA) is 35.5 Å². The van der Waals surface area contributed by atoms with Crippen molar-refractivity contribution >= 4 is 27.0 Å². The molecule has 3 nitrogen and oxygen atoms in total. The molecule has 0 aliphatic carbocycles. The van der Waals surface area contributed by atoms with Crippen LogP contribution in [0.3, 0.4) is 0 Å². The zero-order valence-corrected chi connectivity index (χ0v) is 19.6. The van der Waals surface area contributed by atoms with Gasteiger partial charge in [0.15, 0.2) is 0 Å². The average molecular weight is 589 g/mol. The Labute approximate surface area is 204 Å². The molecule has 4 rings (SSSR count). The molecule has 3 aromatic rings. The molecular weight excluding hydrogens is 576 g/mol. The molecule has 1 heterocycles. The van der Waals surface area contributed by atoms with Gasteiger partial charge in [0.25, 0.3) is 0 Å². The van der Waals surface area contributed by atoms with Gasteiger partial charge in [-0.15, -0.1) is 0 Å². The molecule has 3 aromatic carbocycles. The first kappa shape index (κ1) is 26.9. The number of ether oxygens (including phenoxy) is 1. The van der Waals surface area contributed by atoms with Gasteiger partial charge in [0.05, 0.1) is 17.1 Å². The van der Waals surface area contributed by atoms with E-state index in [4.69, 9.17) is 4.74 Å². The van der Waals surface area contributed by atoms with E-state index in [1.54, 1.807) is 12.1 Å². The summed E-state index contributed by atoms with van der Waals surface area (Å²) in [6, 6.07) is 9.29. The first-order chi connectivity index (χ1) is 16.4. The number of hydrogen-bond acceptors (Lipinski definition) is 3. The standard InChI is InChI=1S/C15H9F5O3S.C7H4BrF3/c16-10-11(17)13(19)15(14(20)12(10)18)23-24(21)8-4-3-7-2-1-5-22-9(7)6-8;8-6-3-1-2-5(4-6)7(9,10)11/h3-4,6H,1-2,5H2;1-4H. The Morgan fingerprint density at radius 2 is 1.51 bits per heavy atom. The molecule has 1 atom stereocenters. The Bertz CT molecular complexity index is 1240. The van der Waals surface area contributed by atoms with Crippen LogP contribution in [0.4, 0.5) is 35.1 Å². The summed E-state index contributed by atoms with van der Waals surface area (Å²) in [5, 5.41) is 0. The monoisotopic (exact) mass is 588 g/mol. The molecular formula is C22H13BrF8O3S. The summed E-state index contributed by atoms with van der Waals surface area (Å²) >= 11 is 0.463. The third-order valence-electron chi connectivity index (χ3n) is 4.56. The van der Waals surface area contributed by atoms with Crippen molar-refractivity contribution in [3.05, 3.63) is 87.2 Å². The summed E-state index contributed by atoms with van der Waals surface area (Å²) in [7, 11) is 0. The molecule has 1 aliphatic heterocycles. The minimum Gasteiger partial charge on any atom is -0.493 e. The second kappa shape index (κ2) is 10.9. The lowest BCUT2D eigenvalue weighted by Crippen LogP contribution is -2.11. The minimum atomic E-state index is -4.25. The van der Waals surface area contributed by atoms with Gasteiger partial charge < -0.3 is 8.92 Å². The van der Waals surface area contributed by atoms with E-state index < -0.39 is 57.7 Å². The molecule has 0 radical (unpaired) electrons. The molecule has 0 amide bonds. The number of rotatable bonds is 3. The maximum Gasteiger partial charge on any atom is 0.416 e. The second-order valence-corrected chi connectivity index (χ2v) is 8.97. The van der Waals surface area contributed by atoms with E-state index in [-0.39, 0.29) is 4.90 Å². The van der Waals surface area contributed by atoms with Gasteiger partial charge in [-0.1, -0.05) is 28.1 Å². The smallest absolute Gasteiger partial charge is 0.416 e. The highest BCUT2D eigenvalue weighted by atomic mass is 79.9. The van der Waals surface area contributed by atoms with Crippen LogP contribution in [-0.2, 0) is 23.7 Å². The van der Waals surface area contributed by atoms with Crippen LogP contribution in [-0.4, -0.2) is 10.8 Å². The van der Waals surface area contributed by atoms with Crippen LogP contribution in [0, 0.1) is 29.1 Å². The van der Waals surface area contributed by atoms with Gasteiger partial charge in [-0.2, -0.15) is 22.0 Å². The van der Waals surface area contributed by atoms with Gasteiger partial charge in [0.2, 0.25) is 45.9 Å². The van der Waals surface area contributed by atoms with Crippen molar-refractivity contribution in [3.8, 4) is 11.5 Å². The first-order valence-electron chi connectivity index (χ1n) is 9.60. The van der Waals surface area contributed by atoms with Gasteiger partial charge in [-0.05, 0) is 48.7 Å². The Hall–Kier alpha value is -2.67. The molecule has 0 saturated heterocycles. The number of alkyl halides is 3. The summed E-state index contributed by atoms with van der Waals surface area (Å²) < 4.78 is 125. The molecule has 0 bridgehead atoms. The number of benzene rings is 3. The molecule has 0 N–H and O–H groups in total. The lowest BCUT2D eigenvalue weighted by molar-refractivity contribution is -0.137. The number of fused-ring (bicyclic) bond motifs is 1. The first-order valence-corrected chi connectivity index (χ1v) is 11.5. The average Bonchev–Trinajstić information content (AvgIpc) is 2.83. The van der Waals surface area contributed by atoms with Crippen LogP contribution >= 0.6 is 15.9 Å².